The zero-order chi connectivity index (χ0) is 14.5. The van der Waals surface area contributed by atoms with E-state index in [4.69, 9.17) is 4.52 Å². The van der Waals surface area contributed by atoms with E-state index >= 15 is 0 Å². The molecule has 0 aliphatic carbocycles. The van der Waals surface area contributed by atoms with Gasteiger partial charge in [-0.2, -0.15) is 4.98 Å². The molecule has 0 radical (unpaired) electrons. The van der Waals surface area contributed by atoms with Crippen molar-refractivity contribution in [2.24, 2.45) is 5.92 Å². The average molecular weight is 280 g/mol. The number of aryl methyl sites for hydroxylation is 1. The fourth-order valence-electron chi connectivity index (χ4n) is 2.56. The Kier molecular flexibility index (Phi) is 4.98. The van der Waals surface area contributed by atoms with Crippen molar-refractivity contribution < 1.29 is 9.32 Å². The third-order valence-corrected chi connectivity index (χ3v) is 3.89. The SMILES string of the molecule is CCC(=O)N1CCC(CCc2noc(N(C)C)n2)CC1. The maximum Gasteiger partial charge on any atom is 0.323 e. The van der Waals surface area contributed by atoms with Gasteiger partial charge in [-0.1, -0.05) is 12.1 Å². The van der Waals surface area contributed by atoms with Crippen LogP contribution in [0.4, 0.5) is 6.01 Å². The van der Waals surface area contributed by atoms with Gasteiger partial charge in [0.25, 0.3) is 0 Å². The van der Waals surface area contributed by atoms with Crippen LogP contribution in [0.1, 0.15) is 38.4 Å². The third-order valence-electron chi connectivity index (χ3n) is 3.89. The summed E-state index contributed by atoms with van der Waals surface area (Å²) in [6.07, 6.45) is 4.71. The van der Waals surface area contributed by atoms with Gasteiger partial charge in [-0.05, 0) is 25.2 Å². The topological polar surface area (TPSA) is 62.5 Å². The van der Waals surface area contributed by atoms with Crippen LogP contribution >= 0.6 is 0 Å². The molecule has 20 heavy (non-hydrogen) atoms. The lowest BCUT2D eigenvalue weighted by Crippen LogP contribution is -2.38. The smallest absolute Gasteiger partial charge is 0.323 e. The minimum Gasteiger partial charge on any atom is -0.343 e. The van der Waals surface area contributed by atoms with Crippen LogP contribution in [0.5, 0.6) is 0 Å². The fourth-order valence-corrected chi connectivity index (χ4v) is 2.56. The molecular formula is C14H24N4O2. The van der Waals surface area contributed by atoms with Gasteiger partial charge in [-0.15, -0.1) is 0 Å². The number of aromatic nitrogens is 2. The molecule has 1 aromatic rings. The quantitative estimate of drug-likeness (QED) is 0.821. The second kappa shape index (κ2) is 6.72. The Bertz CT molecular complexity index is 436. The summed E-state index contributed by atoms with van der Waals surface area (Å²) in [5, 5.41) is 3.99. The van der Waals surface area contributed by atoms with E-state index in [0.717, 1.165) is 44.6 Å². The molecule has 1 saturated heterocycles. The molecule has 6 nitrogen and oxygen atoms in total. The van der Waals surface area contributed by atoms with Crippen molar-refractivity contribution in [1.29, 1.82) is 0 Å². The highest BCUT2D eigenvalue weighted by atomic mass is 16.5. The molecule has 0 aromatic carbocycles. The minimum atomic E-state index is 0.275. The van der Waals surface area contributed by atoms with Gasteiger partial charge >= 0.3 is 6.01 Å². The number of amides is 1. The Balaban J connectivity index is 1.74. The number of carbonyl (C=O) groups is 1. The van der Waals surface area contributed by atoms with Crippen LogP contribution in [0.25, 0.3) is 0 Å². The molecule has 0 unspecified atom stereocenters. The Morgan fingerprint density at radius 1 is 1.40 bits per heavy atom. The Labute approximate surface area is 120 Å². The van der Waals surface area contributed by atoms with Gasteiger partial charge in [0.15, 0.2) is 5.82 Å². The first-order valence-corrected chi connectivity index (χ1v) is 7.37. The Hall–Kier alpha value is -1.59. The van der Waals surface area contributed by atoms with Crippen LogP contribution in [-0.2, 0) is 11.2 Å². The van der Waals surface area contributed by atoms with Gasteiger partial charge in [0.2, 0.25) is 5.91 Å². The molecular weight excluding hydrogens is 256 g/mol. The lowest BCUT2D eigenvalue weighted by Gasteiger charge is -2.31. The highest BCUT2D eigenvalue weighted by molar-refractivity contribution is 5.75. The van der Waals surface area contributed by atoms with E-state index in [0.29, 0.717) is 18.4 Å². The predicted molar refractivity (Wildman–Crippen MR) is 76.5 cm³/mol. The standard InChI is InChI=1S/C14H24N4O2/c1-4-13(19)18-9-7-11(8-10-18)5-6-12-15-14(17(2)3)20-16-12/h11H,4-10H2,1-3H3. The summed E-state index contributed by atoms with van der Waals surface area (Å²) in [6, 6.07) is 0.559. The van der Waals surface area contributed by atoms with Crippen molar-refractivity contribution in [3.63, 3.8) is 0 Å². The molecule has 112 valence electrons. The molecule has 1 aliphatic rings. The molecule has 0 spiro atoms. The first-order chi connectivity index (χ1) is 9.60. The van der Waals surface area contributed by atoms with Crippen molar-refractivity contribution >= 4 is 11.9 Å². The summed E-state index contributed by atoms with van der Waals surface area (Å²) >= 11 is 0. The van der Waals surface area contributed by atoms with Crippen LogP contribution in [0.2, 0.25) is 0 Å². The first-order valence-electron chi connectivity index (χ1n) is 7.37. The second-order valence-corrected chi connectivity index (χ2v) is 5.60. The highest BCUT2D eigenvalue weighted by Crippen LogP contribution is 2.22. The molecule has 6 heteroatoms. The number of nitrogens with zero attached hydrogens (tertiary/aromatic N) is 4. The maximum absolute atomic E-state index is 11.6. The molecule has 0 bridgehead atoms. The van der Waals surface area contributed by atoms with E-state index in [9.17, 15) is 4.79 Å². The van der Waals surface area contributed by atoms with Crippen LogP contribution < -0.4 is 4.90 Å². The molecule has 1 aromatic heterocycles. The largest absolute Gasteiger partial charge is 0.343 e. The summed E-state index contributed by atoms with van der Waals surface area (Å²) in [5.74, 6) is 1.72. The fraction of sp³-hybridized carbons (Fsp3) is 0.786. The monoisotopic (exact) mass is 280 g/mol. The van der Waals surface area contributed by atoms with Gasteiger partial charge in [0.1, 0.15) is 0 Å². The Morgan fingerprint density at radius 2 is 2.10 bits per heavy atom. The lowest BCUT2D eigenvalue weighted by atomic mass is 9.92. The zero-order valence-corrected chi connectivity index (χ0v) is 12.6. The minimum absolute atomic E-state index is 0.275. The summed E-state index contributed by atoms with van der Waals surface area (Å²) in [5.41, 5.74) is 0. The van der Waals surface area contributed by atoms with Crippen molar-refractivity contribution in [1.82, 2.24) is 15.0 Å². The summed E-state index contributed by atoms with van der Waals surface area (Å²) in [6.45, 7) is 3.71. The van der Waals surface area contributed by atoms with E-state index in [-0.39, 0.29) is 5.91 Å². The lowest BCUT2D eigenvalue weighted by molar-refractivity contribution is -0.132. The van der Waals surface area contributed by atoms with E-state index in [2.05, 4.69) is 10.1 Å². The average Bonchev–Trinajstić information content (AvgIpc) is 2.94. The molecule has 1 fully saturated rings. The summed E-state index contributed by atoms with van der Waals surface area (Å²) < 4.78 is 5.14. The second-order valence-electron chi connectivity index (χ2n) is 5.60. The number of hydrogen-bond acceptors (Lipinski definition) is 5. The van der Waals surface area contributed by atoms with Crippen molar-refractivity contribution in [3.8, 4) is 0 Å². The molecule has 2 heterocycles. The molecule has 1 aliphatic heterocycles. The van der Waals surface area contributed by atoms with E-state index in [1.54, 1.807) is 0 Å². The van der Waals surface area contributed by atoms with Gasteiger partial charge in [0.05, 0.1) is 0 Å². The van der Waals surface area contributed by atoms with Crippen LogP contribution in [-0.4, -0.2) is 48.1 Å². The predicted octanol–water partition coefficient (Wildman–Crippen LogP) is 1.72. The van der Waals surface area contributed by atoms with E-state index in [1.165, 1.54) is 0 Å². The number of piperidine rings is 1. The molecule has 1 amide bonds. The number of hydrogen-bond donors (Lipinski definition) is 0. The van der Waals surface area contributed by atoms with Crippen LogP contribution in [0.15, 0.2) is 4.52 Å². The zero-order valence-electron chi connectivity index (χ0n) is 12.6. The van der Waals surface area contributed by atoms with E-state index in [1.807, 2.05) is 30.8 Å². The number of rotatable bonds is 5. The van der Waals surface area contributed by atoms with Crippen molar-refractivity contribution in [2.45, 2.75) is 39.0 Å². The normalized spacial score (nSPS) is 16.4. The van der Waals surface area contributed by atoms with Crippen LogP contribution in [0.3, 0.4) is 0 Å². The molecule has 0 atom stereocenters. The molecule has 0 N–H and O–H groups in total. The Morgan fingerprint density at radius 3 is 2.65 bits per heavy atom. The highest BCUT2D eigenvalue weighted by Gasteiger charge is 2.22. The number of likely N-dealkylation sites (tertiary alicyclic amines) is 1. The van der Waals surface area contributed by atoms with Crippen LogP contribution in [0, 0.1) is 5.92 Å². The van der Waals surface area contributed by atoms with E-state index < -0.39 is 0 Å². The van der Waals surface area contributed by atoms with Gasteiger partial charge in [0, 0.05) is 40.0 Å². The third kappa shape index (κ3) is 3.71. The maximum atomic E-state index is 11.6. The molecule has 0 saturated carbocycles. The van der Waals surface area contributed by atoms with Gasteiger partial charge < -0.3 is 14.3 Å². The number of carbonyl (C=O) groups excluding carboxylic acids is 1. The van der Waals surface area contributed by atoms with Gasteiger partial charge in [-0.25, -0.2) is 0 Å². The van der Waals surface area contributed by atoms with Crippen molar-refractivity contribution in [2.75, 3.05) is 32.1 Å². The first kappa shape index (κ1) is 14.8. The summed E-state index contributed by atoms with van der Waals surface area (Å²) in [7, 11) is 3.77. The van der Waals surface area contributed by atoms with Crippen molar-refractivity contribution in [3.05, 3.63) is 5.82 Å². The van der Waals surface area contributed by atoms with Gasteiger partial charge in [-0.3, -0.25) is 4.79 Å². The molecule has 2 rings (SSSR count). The summed E-state index contributed by atoms with van der Waals surface area (Å²) in [4.78, 5) is 19.7. The number of anilines is 1.